The van der Waals surface area contributed by atoms with Gasteiger partial charge in [0.25, 0.3) is 0 Å². The van der Waals surface area contributed by atoms with E-state index in [1.54, 1.807) is 0 Å². The Morgan fingerprint density at radius 1 is 1.00 bits per heavy atom. The predicted octanol–water partition coefficient (Wildman–Crippen LogP) is 1.03. The Hall–Kier alpha value is -0.810. The first-order valence-electron chi connectivity index (χ1n) is 7.93. The summed E-state index contributed by atoms with van der Waals surface area (Å²) in [6, 6.07) is 0. The molecule has 0 aliphatic carbocycles. The van der Waals surface area contributed by atoms with Gasteiger partial charge in [-0.15, -0.1) is 0 Å². The van der Waals surface area contributed by atoms with Crippen molar-refractivity contribution in [3.63, 3.8) is 0 Å². The summed E-state index contributed by atoms with van der Waals surface area (Å²) in [5.41, 5.74) is 0.174. The Labute approximate surface area is 124 Å². The van der Waals surface area contributed by atoms with Crippen LogP contribution in [0.25, 0.3) is 0 Å². The summed E-state index contributed by atoms with van der Waals surface area (Å²) < 4.78 is 0. The minimum Gasteiger partial charge on any atom is -0.355 e. The topological polar surface area (TPSA) is 51.7 Å². The molecule has 0 aromatic rings. The molecule has 3 N–H and O–H groups in total. The first kappa shape index (κ1) is 17.2. The first-order valence-corrected chi connectivity index (χ1v) is 7.93. The van der Waals surface area contributed by atoms with Crippen molar-refractivity contribution in [3.05, 3.63) is 0 Å². The molecule has 118 valence electrons. The van der Waals surface area contributed by atoms with Crippen molar-refractivity contribution in [3.8, 4) is 0 Å². The fourth-order valence-electron chi connectivity index (χ4n) is 2.35. The van der Waals surface area contributed by atoms with Crippen LogP contribution in [0.4, 0.5) is 0 Å². The second-order valence-corrected chi connectivity index (χ2v) is 6.50. The Kier molecular flexibility index (Phi) is 7.92. The van der Waals surface area contributed by atoms with Gasteiger partial charge in [-0.3, -0.25) is 4.99 Å². The van der Waals surface area contributed by atoms with E-state index in [9.17, 15) is 0 Å². The van der Waals surface area contributed by atoms with Gasteiger partial charge < -0.3 is 20.9 Å². The lowest BCUT2D eigenvalue weighted by atomic mass is 10.1. The molecule has 1 rings (SSSR count). The van der Waals surface area contributed by atoms with Gasteiger partial charge in [-0.05, 0) is 46.7 Å². The number of guanidine groups is 1. The molecule has 1 heterocycles. The van der Waals surface area contributed by atoms with E-state index in [-0.39, 0.29) is 5.54 Å². The molecule has 5 heteroatoms. The molecule has 0 bridgehead atoms. The molecule has 20 heavy (non-hydrogen) atoms. The summed E-state index contributed by atoms with van der Waals surface area (Å²) >= 11 is 0. The van der Waals surface area contributed by atoms with Crippen LogP contribution in [-0.4, -0.2) is 62.7 Å². The largest absolute Gasteiger partial charge is 0.355 e. The molecular formula is C15H33N5. The number of piperidine rings is 1. The second kappa shape index (κ2) is 9.19. The third-order valence-corrected chi connectivity index (χ3v) is 3.47. The highest BCUT2D eigenvalue weighted by Crippen LogP contribution is 2.07. The number of hydrogen-bond donors (Lipinski definition) is 3. The van der Waals surface area contributed by atoms with E-state index in [4.69, 9.17) is 0 Å². The van der Waals surface area contributed by atoms with Gasteiger partial charge in [-0.25, -0.2) is 0 Å². The molecule has 1 aliphatic rings. The molecule has 0 unspecified atom stereocenters. The molecule has 1 fully saturated rings. The van der Waals surface area contributed by atoms with E-state index >= 15 is 0 Å². The molecule has 0 radical (unpaired) electrons. The second-order valence-electron chi connectivity index (χ2n) is 6.50. The lowest BCUT2D eigenvalue weighted by Crippen LogP contribution is -2.46. The number of hydrogen-bond acceptors (Lipinski definition) is 3. The number of nitrogens with zero attached hydrogens (tertiary/aromatic N) is 2. The average Bonchev–Trinajstić information content (AvgIpc) is 2.41. The van der Waals surface area contributed by atoms with Crippen molar-refractivity contribution in [2.45, 2.75) is 45.6 Å². The third kappa shape index (κ3) is 8.38. The van der Waals surface area contributed by atoms with Gasteiger partial charge in [-0.1, -0.05) is 6.42 Å². The van der Waals surface area contributed by atoms with Crippen LogP contribution < -0.4 is 16.0 Å². The van der Waals surface area contributed by atoms with Crippen molar-refractivity contribution < 1.29 is 0 Å². The highest BCUT2D eigenvalue weighted by molar-refractivity contribution is 5.79. The standard InChI is InChI=1S/C15H33N5/c1-15(2,3)19-9-8-17-14(16-4)18-10-13-20-11-6-5-7-12-20/h19H,5-13H2,1-4H3,(H2,16,17,18). The summed E-state index contributed by atoms with van der Waals surface area (Å²) in [5.74, 6) is 0.901. The maximum atomic E-state index is 4.25. The first-order chi connectivity index (χ1) is 9.51. The summed E-state index contributed by atoms with van der Waals surface area (Å²) in [6.07, 6.45) is 4.10. The highest BCUT2D eigenvalue weighted by atomic mass is 15.2. The molecule has 0 atom stereocenters. The Bertz CT molecular complexity index is 276. The quantitative estimate of drug-likeness (QED) is 0.387. The van der Waals surface area contributed by atoms with Crippen LogP contribution in [0.15, 0.2) is 4.99 Å². The number of likely N-dealkylation sites (tertiary alicyclic amines) is 1. The van der Waals surface area contributed by atoms with Crippen LogP contribution in [0.1, 0.15) is 40.0 Å². The molecule has 0 amide bonds. The maximum Gasteiger partial charge on any atom is 0.191 e. The van der Waals surface area contributed by atoms with Gasteiger partial charge in [-0.2, -0.15) is 0 Å². The van der Waals surface area contributed by atoms with Gasteiger partial charge in [0.05, 0.1) is 0 Å². The van der Waals surface area contributed by atoms with Crippen molar-refractivity contribution in [2.75, 3.05) is 46.3 Å². The van der Waals surface area contributed by atoms with Gasteiger partial charge in [0.1, 0.15) is 0 Å². The van der Waals surface area contributed by atoms with E-state index < -0.39 is 0 Å². The minimum atomic E-state index is 0.174. The molecular weight excluding hydrogens is 250 g/mol. The third-order valence-electron chi connectivity index (χ3n) is 3.47. The monoisotopic (exact) mass is 283 g/mol. The zero-order chi connectivity index (χ0) is 14.8. The van der Waals surface area contributed by atoms with E-state index in [1.807, 2.05) is 7.05 Å². The van der Waals surface area contributed by atoms with Crippen molar-refractivity contribution in [1.82, 2.24) is 20.9 Å². The van der Waals surface area contributed by atoms with Gasteiger partial charge in [0.2, 0.25) is 0 Å². The maximum absolute atomic E-state index is 4.25. The normalized spacial score (nSPS) is 18.1. The van der Waals surface area contributed by atoms with E-state index in [1.165, 1.54) is 32.4 Å². The fraction of sp³-hybridized carbons (Fsp3) is 0.933. The van der Waals surface area contributed by atoms with Crippen LogP contribution in [-0.2, 0) is 0 Å². The Morgan fingerprint density at radius 2 is 1.65 bits per heavy atom. The summed E-state index contributed by atoms with van der Waals surface area (Å²) in [6.45, 7) is 13.0. The Balaban J connectivity index is 2.07. The van der Waals surface area contributed by atoms with Gasteiger partial charge in [0.15, 0.2) is 5.96 Å². The number of rotatable bonds is 6. The molecule has 0 aromatic carbocycles. The number of aliphatic imine (C=N–C) groups is 1. The van der Waals surface area contributed by atoms with Crippen LogP contribution in [0.2, 0.25) is 0 Å². The summed E-state index contributed by atoms with van der Waals surface area (Å²) in [5, 5.41) is 10.2. The van der Waals surface area contributed by atoms with Gasteiger partial charge in [0, 0.05) is 38.8 Å². The van der Waals surface area contributed by atoms with Crippen molar-refractivity contribution >= 4 is 5.96 Å². The smallest absolute Gasteiger partial charge is 0.191 e. The lowest BCUT2D eigenvalue weighted by molar-refractivity contribution is 0.232. The number of nitrogens with one attached hydrogen (secondary N) is 3. The summed E-state index contributed by atoms with van der Waals surface area (Å²) in [7, 11) is 1.83. The molecule has 0 spiro atoms. The predicted molar refractivity (Wildman–Crippen MR) is 87.4 cm³/mol. The molecule has 1 saturated heterocycles. The summed E-state index contributed by atoms with van der Waals surface area (Å²) in [4.78, 5) is 6.79. The highest BCUT2D eigenvalue weighted by Gasteiger charge is 2.10. The van der Waals surface area contributed by atoms with E-state index in [0.717, 1.165) is 32.1 Å². The van der Waals surface area contributed by atoms with Crippen LogP contribution in [0.5, 0.6) is 0 Å². The average molecular weight is 283 g/mol. The van der Waals surface area contributed by atoms with Crippen molar-refractivity contribution in [1.29, 1.82) is 0 Å². The molecule has 0 saturated carbocycles. The lowest BCUT2D eigenvalue weighted by Gasteiger charge is -2.26. The fourth-order valence-corrected chi connectivity index (χ4v) is 2.35. The minimum absolute atomic E-state index is 0.174. The van der Waals surface area contributed by atoms with Crippen LogP contribution in [0, 0.1) is 0 Å². The van der Waals surface area contributed by atoms with Gasteiger partial charge >= 0.3 is 0 Å². The Morgan fingerprint density at radius 3 is 2.25 bits per heavy atom. The molecule has 1 aliphatic heterocycles. The van der Waals surface area contributed by atoms with Crippen molar-refractivity contribution in [2.24, 2.45) is 4.99 Å². The van der Waals surface area contributed by atoms with Crippen LogP contribution >= 0.6 is 0 Å². The van der Waals surface area contributed by atoms with E-state index in [2.05, 4.69) is 46.6 Å². The molecule has 5 nitrogen and oxygen atoms in total. The molecule has 0 aromatic heterocycles. The van der Waals surface area contributed by atoms with Crippen LogP contribution in [0.3, 0.4) is 0 Å². The zero-order valence-electron chi connectivity index (χ0n) is 13.8. The van der Waals surface area contributed by atoms with E-state index in [0.29, 0.717) is 0 Å². The SMILES string of the molecule is CN=C(NCCNC(C)(C)C)NCCN1CCCCC1. The zero-order valence-corrected chi connectivity index (χ0v) is 13.8.